The predicted molar refractivity (Wildman–Crippen MR) is 80.2 cm³/mol. The molecule has 3 rings (SSSR count). The molecule has 7 nitrogen and oxygen atoms in total. The molecule has 1 aliphatic heterocycles. The molecule has 0 saturated carbocycles. The van der Waals surface area contributed by atoms with Gasteiger partial charge < -0.3 is 10.5 Å². The van der Waals surface area contributed by atoms with Crippen LogP contribution in [0.1, 0.15) is 12.7 Å². The van der Waals surface area contributed by atoms with Crippen LogP contribution >= 0.6 is 0 Å². The van der Waals surface area contributed by atoms with E-state index in [0.29, 0.717) is 19.7 Å². The van der Waals surface area contributed by atoms with Gasteiger partial charge in [-0.25, -0.2) is 0 Å². The molecule has 0 spiro atoms. The number of hydrogen-bond acceptors (Lipinski definition) is 5. The quantitative estimate of drug-likeness (QED) is 0.880. The van der Waals surface area contributed by atoms with Crippen LogP contribution in [0.2, 0.25) is 0 Å². The van der Waals surface area contributed by atoms with Gasteiger partial charge in [-0.1, -0.05) is 18.2 Å². The van der Waals surface area contributed by atoms with E-state index in [0.717, 1.165) is 11.5 Å². The highest BCUT2D eigenvalue weighted by Gasteiger charge is 2.34. The number of carbonyl (C=O) groups excluding carboxylic acids is 1. The summed E-state index contributed by atoms with van der Waals surface area (Å²) < 4.78 is 7.45. The van der Waals surface area contributed by atoms with Gasteiger partial charge in [0.1, 0.15) is 12.4 Å². The van der Waals surface area contributed by atoms with Gasteiger partial charge in [-0.15, -0.1) is 10.2 Å². The summed E-state index contributed by atoms with van der Waals surface area (Å²) in [6.07, 6.45) is 1.45. The van der Waals surface area contributed by atoms with E-state index in [1.165, 1.54) is 0 Å². The maximum Gasteiger partial charge on any atom is 0.237 e. The maximum atomic E-state index is 11.7. The Hall–Kier alpha value is -2.25. The number of primary amides is 1. The standard InChI is InChI=1S/C15H19N5O2/c1-11-14(15(16)21)19(7-8-22-11)9-13-18-17-10-20(13)12-5-3-2-4-6-12/h2-6,10-11,14H,7-9H2,1H3,(H2,16,21)/t11-,14+/m1/s1. The van der Waals surface area contributed by atoms with Gasteiger partial charge in [0.05, 0.1) is 19.3 Å². The van der Waals surface area contributed by atoms with Crippen molar-refractivity contribution in [2.45, 2.75) is 25.6 Å². The Labute approximate surface area is 128 Å². The Balaban J connectivity index is 1.84. The van der Waals surface area contributed by atoms with Crippen LogP contribution in [0.4, 0.5) is 0 Å². The second-order valence-electron chi connectivity index (χ2n) is 5.35. The molecule has 1 aliphatic rings. The molecule has 1 amide bonds. The smallest absolute Gasteiger partial charge is 0.237 e. The summed E-state index contributed by atoms with van der Waals surface area (Å²) in [5, 5.41) is 8.18. The monoisotopic (exact) mass is 301 g/mol. The minimum atomic E-state index is -0.449. The molecule has 2 aromatic rings. The van der Waals surface area contributed by atoms with E-state index >= 15 is 0 Å². The average Bonchev–Trinajstić information content (AvgIpc) is 2.96. The summed E-state index contributed by atoms with van der Waals surface area (Å²) in [6.45, 7) is 3.57. The number of nitrogens with two attached hydrogens (primary N) is 1. The van der Waals surface area contributed by atoms with Crippen LogP contribution in [-0.4, -0.2) is 50.9 Å². The third kappa shape index (κ3) is 2.86. The molecule has 116 valence electrons. The zero-order valence-corrected chi connectivity index (χ0v) is 12.4. The first-order valence-electron chi connectivity index (χ1n) is 7.26. The van der Waals surface area contributed by atoms with Crippen LogP contribution in [-0.2, 0) is 16.1 Å². The van der Waals surface area contributed by atoms with Crippen molar-refractivity contribution < 1.29 is 9.53 Å². The highest BCUT2D eigenvalue weighted by atomic mass is 16.5. The minimum absolute atomic E-state index is 0.223. The van der Waals surface area contributed by atoms with Crippen LogP contribution in [0.25, 0.3) is 5.69 Å². The fourth-order valence-corrected chi connectivity index (χ4v) is 2.82. The fourth-order valence-electron chi connectivity index (χ4n) is 2.82. The summed E-state index contributed by atoms with van der Waals surface area (Å²) in [4.78, 5) is 13.7. The molecule has 1 saturated heterocycles. The molecule has 22 heavy (non-hydrogen) atoms. The number of ether oxygens (including phenoxy) is 1. The molecule has 0 unspecified atom stereocenters. The lowest BCUT2D eigenvalue weighted by molar-refractivity contribution is -0.136. The van der Waals surface area contributed by atoms with Crippen LogP contribution in [0.5, 0.6) is 0 Å². The van der Waals surface area contributed by atoms with Crippen molar-refractivity contribution >= 4 is 5.91 Å². The molecule has 7 heteroatoms. The lowest BCUT2D eigenvalue weighted by Gasteiger charge is -2.37. The second-order valence-corrected chi connectivity index (χ2v) is 5.35. The van der Waals surface area contributed by atoms with E-state index in [1.807, 2.05) is 46.7 Å². The number of carbonyl (C=O) groups is 1. The van der Waals surface area contributed by atoms with Gasteiger partial charge in [0.2, 0.25) is 5.91 Å². The van der Waals surface area contributed by atoms with Gasteiger partial charge >= 0.3 is 0 Å². The zero-order valence-electron chi connectivity index (χ0n) is 12.4. The van der Waals surface area contributed by atoms with Gasteiger partial charge in [0.15, 0.2) is 5.82 Å². The molecule has 1 aromatic carbocycles. The molecule has 1 aromatic heterocycles. The number of para-hydroxylation sites is 1. The van der Waals surface area contributed by atoms with Gasteiger partial charge in [-0.2, -0.15) is 0 Å². The SMILES string of the molecule is C[C@H]1OCCN(Cc2nncn2-c2ccccc2)[C@@H]1C(N)=O. The third-order valence-corrected chi connectivity index (χ3v) is 3.89. The number of morpholine rings is 1. The van der Waals surface area contributed by atoms with Crippen molar-refractivity contribution in [1.29, 1.82) is 0 Å². The van der Waals surface area contributed by atoms with Crippen molar-refractivity contribution in [3.8, 4) is 5.69 Å². The van der Waals surface area contributed by atoms with Crippen molar-refractivity contribution in [2.24, 2.45) is 5.73 Å². The van der Waals surface area contributed by atoms with Crippen molar-refractivity contribution in [2.75, 3.05) is 13.2 Å². The van der Waals surface area contributed by atoms with Gasteiger partial charge in [0.25, 0.3) is 0 Å². The largest absolute Gasteiger partial charge is 0.375 e. The molecule has 0 bridgehead atoms. The molecular formula is C15H19N5O2. The highest BCUT2D eigenvalue weighted by molar-refractivity contribution is 5.80. The van der Waals surface area contributed by atoms with E-state index in [2.05, 4.69) is 10.2 Å². The van der Waals surface area contributed by atoms with Gasteiger partial charge in [-0.3, -0.25) is 14.3 Å². The number of nitrogens with zero attached hydrogens (tertiary/aromatic N) is 4. The van der Waals surface area contributed by atoms with E-state index in [1.54, 1.807) is 6.33 Å². The summed E-state index contributed by atoms with van der Waals surface area (Å²) in [5.41, 5.74) is 6.51. The Morgan fingerprint density at radius 1 is 1.41 bits per heavy atom. The topological polar surface area (TPSA) is 86.3 Å². The maximum absolute atomic E-state index is 11.7. The summed E-state index contributed by atoms with van der Waals surface area (Å²) in [5.74, 6) is 0.393. The number of amides is 1. The molecule has 1 fully saturated rings. The first-order chi connectivity index (χ1) is 10.7. The van der Waals surface area contributed by atoms with Crippen molar-refractivity contribution in [3.05, 3.63) is 42.5 Å². The lowest BCUT2D eigenvalue weighted by Crippen LogP contribution is -2.56. The summed E-state index contributed by atoms with van der Waals surface area (Å²) >= 11 is 0. The fraction of sp³-hybridized carbons (Fsp3) is 0.400. The molecular weight excluding hydrogens is 282 g/mol. The molecule has 2 atom stereocenters. The third-order valence-electron chi connectivity index (χ3n) is 3.89. The Kier molecular flexibility index (Phi) is 4.17. The Morgan fingerprint density at radius 3 is 2.91 bits per heavy atom. The average molecular weight is 301 g/mol. The first-order valence-corrected chi connectivity index (χ1v) is 7.26. The molecule has 2 N–H and O–H groups in total. The van der Waals surface area contributed by atoms with E-state index in [4.69, 9.17) is 10.5 Å². The predicted octanol–water partition coefficient (Wildman–Crippen LogP) is 0.342. The molecule has 0 aliphatic carbocycles. The number of rotatable bonds is 4. The highest BCUT2D eigenvalue weighted by Crippen LogP contribution is 2.18. The number of benzene rings is 1. The summed E-state index contributed by atoms with van der Waals surface area (Å²) in [7, 11) is 0. The zero-order chi connectivity index (χ0) is 15.5. The van der Waals surface area contributed by atoms with Crippen LogP contribution in [0, 0.1) is 0 Å². The van der Waals surface area contributed by atoms with Crippen molar-refractivity contribution in [3.63, 3.8) is 0 Å². The molecule has 2 heterocycles. The van der Waals surface area contributed by atoms with Gasteiger partial charge in [-0.05, 0) is 19.1 Å². The van der Waals surface area contributed by atoms with Crippen LogP contribution < -0.4 is 5.73 Å². The van der Waals surface area contributed by atoms with Crippen LogP contribution in [0.3, 0.4) is 0 Å². The first kappa shape index (κ1) is 14.7. The molecule has 0 radical (unpaired) electrons. The van der Waals surface area contributed by atoms with E-state index < -0.39 is 6.04 Å². The number of aromatic nitrogens is 3. The normalized spacial score (nSPS) is 22.6. The minimum Gasteiger partial charge on any atom is -0.375 e. The van der Waals surface area contributed by atoms with Crippen molar-refractivity contribution in [1.82, 2.24) is 19.7 Å². The lowest BCUT2D eigenvalue weighted by atomic mass is 10.1. The van der Waals surface area contributed by atoms with E-state index in [9.17, 15) is 4.79 Å². The van der Waals surface area contributed by atoms with Gasteiger partial charge in [0, 0.05) is 12.2 Å². The Morgan fingerprint density at radius 2 is 2.18 bits per heavy atom. The number of hydrogen-bond donors (Lipinski definition) is 1. The van der Waals surface area contributed by atoms with Crippen LogP contribution in [0.15, 0.2) is 36.7 Å². The summed E-state index contributed by atoms with van der Waals surface area (Å²) in [6, 6.07) is 9.40. The van der Waals surface area contributed by atoms with E-state index in [-0.39, 0.29) is 12.0 Å². The Bertz CT molecular complexity index is 642. The second kappa shape index (κ2) is 6.25.